The maximum absolute atomic E-state index is 5.68. The molecule has 0 saturated carbocycles. The highest BCUT2D eigenvalue weighted by Gasteiger charge is 2.16. The van der Waals surface area contributed by atoms with Gasteiger partial charge in [0.15, 0.2) is 0 Å². The molecule has 0 bridgehead atoms. The number of benzene rings is 1. The molecule has 0 aliphatic heterocycles. The number of hydrogen-bond donors (Lipinski definition) is 1. The van der Waals surface area contributed by atoms with Gasteiger partial charge in [-0.05, 0) is 49.9 Å². The van der Waals surface area contributed by atoms with Crippen LogP contribution < -0.4 is 5.73 Å². The van der Waals surface area contributed by atoms with Crippen molar-refractivity contribution in [3.63, 3.8) is 0 Å². The Bertz CT molecular complexity index is 546. The molecule has 0 aliphatic carbocycles. The molecule has 0 unspecified atom stereocenters. The molecule has 18 heavy (non-hydrogen) atoms. The predicted octanol–water partition coefficient (Wildman–Crippen LogP) is 2.47. The van der Waals surface area contributed by atoms with Gasteiger partial charge in [0.05, 0.1) is 0 Å². The lowest BCUT2D eigenvalue weighted by molar-refractivity contribution is 0.506. The number of nitrogens with zero attached hydrogens (tertiary/aromatic N) is 2. The van der Waals surface area contributed by atoms with Crippen LogP contribution in [0.3, 0.4) is 0 Å². The standard InChI is InChI=1S/C14H19N3O/c1-8-7-9(2)11(4)13(10(8)3)14-17-16-12(18-14)5-6-15/h7H,5-6,15H2,1-4H3. The van der Waals surface area contributed by atoms with Crippen molar-refractivity contribution < 1.29 is 4.42 Å². The van der Waals surface area contributed by atoms with Gasteiger partial charge in [0.2, 0.25) is 11.8 Å². The van der Waals surface area contributed by atoms with Gasteiger partial charge in [0.1, 0.15) is 0 Å². The summed E-state index contributed by atoms with van der Waals surface area (Å²) in [4.78, 5) is 0. The first-order chi connectivity index (χ1) is 8.54. The Hall–Kier alpha value is -1.68. The van der Waals surface area contributed by atoms with E-state index in [0.29, 0.717) is 24.7 Å². The van der Waals surface area contributed by atoms with Gasteiger partial charge >= 0.3 is 0 Å². The van der Waals surface area contributed by atoms with E-state index in [2.05, 4.69) is 44.0 Å². The van der Waals surface area contributed by atoms with E-state index < -0.39 is 0 Å². The molecule has 1 heterocycles. The Kier molecular flexibility index (Phi) is 3.48. The number of aromatic nitrogens is 2. The van der Waals surface area contributed by atoms with Crippen LogP contribution in [0, 0.1) is 27.7 Å². The van der Waals surface area contributed by atoms with Crippen molar-refractivity contribution in [3.05, 3.63) is 34.2 Å². The molecule has 0 radical (unpaired) electrons. The Labute approximate surface area is 107 Å². The number of hydrogen-bond acceptors (Lipinski definition) is 4. The number of aryl methyl sites for hydroxylation is 2. The zero-order valence-electron chi connectivity index (χ0n) is 11.4. The highest BCUT2D eigenvalue weighted by molar-refractivity contribution is 5.66. The van der Waals surface area contributed by atoms with Crippen LogP contribution in [0.4, 0.5) is 0 Å². The van der Waals surface area contributed by atoms with Crippen LogP contribution in [0.15, 0.2) is 10.5 Å². The molecule has 2 N–H and O–H groups in total. The molecule has 1 aromatic carbocycles. The molecular formula is C14H19N3O. The van der Waals surface area contributed by atoms with Crippen molar-refractivity contribution in [2.45, 2.75) is 34.1 Å². The molecule has 2 rings (SSSR count). The summed E-state index contributed by atoms with van der Waals surface area (Å²) in [5.74, 6) is 1.20. The summed E-state index contributed by atoms with van der Waals surface area (Å²) in [5, 5.41) is 8.16. The molecule has 96 valence electrons. The third-order valence-electron chi connectivity index (χ3n) is 3.40. The van der Waals surface area contributed by atoms with E-state index >= 15 is 0 Å². The molecule has 1 aromatic heterocycles. The maximum Gasteiger partial charge on any atom is 0.248 e. The molecule has 0 aliphatic rings. The number of nitrogens with two attached hydrogens (primary N) is 1. The smallest absolute Gasteiger partial charge is 0.248 e. The van der Waals surface area contributed by atoms with Crippen molar-refractivity contribution in [2.24, 2.45) is 5.73 Å². The SMILES string of the molecule is Cc1cc(C)c(C)c(-c2nnc(CCN)o2)c1C. The van der Waals surface area contributed by atoms with Crippen molar-refractivity contribution in [3.8, 4) is 11.5 Å². The first kappa shape index (κ1) is 12.8. The third kappa shape index (κ3) is 2.16. The normalized spacial score (nSPS) is 10.9. The quantitative estimate of drug-likeness (QED) is 0.902. The Morgan fingerprint density at radius 1 is 1.06 bits per heavy atom. The Morgan fingerprint density at radius 2 is 1.67 bits per heavy atom. The van der Waals surface area contributed by atoms with Crippen LogP contribution in [-0.4, -0.2) is 16.7 Å². The molecule has 0 saturated heterocycles. The van der Waals surface area contributed by atoms with Crippen LogP contribution in [0.25, 0.3) is 11.5 Å². The van der Waals surface area contributed by atoms with E-state index in [-0.39, 0.29) is 0 Å². The van der Waals surface area contributed by atoms with Crippen LogP contribution in [0.5, 0.6) is 0 Å². The maximum atomic E-state index is 5.68. The Balaban J connectivity index is 2.55. The molecule has 0 atom stereocenters. The molecule has 0 spiro atoms. The molecule has 2 aromatic rings. The summed E-state index contributed by atoms with van der Waals surface area (Å²) >= 11 is 0. The highest BCUT2D eigenvalue weighted by atomic mass is 16.4. The van der Waals surface area contributed by atoms with Gasteiger partial charge in [-0.15, -0.1) is 10.2 Å². The summed E-state index contributed by atoms with van der Waals surface area (Å²) in [6.07, 6.45) is 0.621. The lowest BCUT2D eigenvalue weighted by Gasteiger charge is -2.11. The fourth-order valence-electron chi connectivity index (χ4n) is 2.12. The van der Waals surface area contributed by atoms with Crippen LogP contribution in [-0.2, 0) is 6.42 Å². The van der Waals surface area contributed by atoms with Gasteiger partial charge in [-0.3, -0.25) is 0 Å². The highest BCUT2D eigenvalue weighted by Crippen LogP contribution is 2.30. The summed E-state index contributed by atoms with van der Waals surface area (Å²) < 4.78 is 5.68. The lowest BCUT2D eigenvalue weighted by Crippen LogP contribution is -2.02. The topological polar surface area (TPSA) is 64.9 Å². The minimum atomic E-state index is 0.520. The predicted molar refractivity (Wildman–Crippen MR) is 71.4 cm³/mol. The van der Waals surface area contributed by atoms with Crippen LogP contribution >= 0.6 is 0 Å². The van der Waals surface area contributed by atoms with E-state index in [1.54, 1.807) is 0 Å². The average Bonchev–Trinajstić information content (AvgIpc) is 2.76. The van der Waals surface area contributed by atoms with E-state index in [1.807, 2.05) is 0 Å². The second-order valence-corrected chi connectivity index (χ2v) is 4.67. The summed E-state index contributed by atoms with van der Waals surface area (Å²) in [6, 6.07) is 2.19. The lowest BCUT2D eigenvalue weighted by atomic mass is 9.94. The van der Waals surface area contributed by atoms with Crippen molar-refractivity contribution in [1.82, 2.24) is 10.2 Å². The molecule has 0 amide bonds. The molecular weight excluding hydrogens is 226 g/mol. The fraction of sp³-hybridized carbons (Fsp3) is 0.429. The summed E-state index contributed by atoms with van der Waals surface area (Å²) in [6.45, 7) is 8.89. The zero-order valence-corrected chi connectivity index (χ0v) is 11.4. The molecule has 4 heteroatoms. The largest absolute Gasteiger partial charge is 0.421 e. The van der Waals surface area contributed by atoms with Gasteiger partial charge in [-0.1, -0.05) is 6.07 Å². The first-order valence-corrected chi connectivity index (χ1v) is 6.14. The third-order valence-corrected chi connectivity index (χ3v) is 3.40. The zero-order chi connectivity index (χ0) is 13.3. The monoisotopic (exact) mass is 245 g/mol. The minimum absolute atomic E-state index is 0.520. The van der Waals surface area contributed by atoms with Crippen LogP contribution in [0.1, 0.15) is 28.1 Å². The summed E-state index contributed by atoms with van der Waals surface area (Å²) in [7, 11) is 0. The first-order valence-electron chi connectivity index (χ1n) is 6.14. The molecule has 0 fully saturated rings. The van der Waals surface area contributed by atoms with Crippen molar-refractivity contribution >= 4 is 0 Å². The van der Waals surface area contributed by atoms with Gasteiger partial charge in [-0.25, -0.2) is 0 Å². The average molecular weight is 245 g/mol. The van der Waals surface area contributed by atoms with Crippen molar-refractivity contribution in [1.29, 1.82) is 0 Å². The van der Waals surface area contributed by atoms with Gasteiger partial charge in [0.25, 0.3) is 0 Å². The van der Waals surface area contributed by atoms with E-state index in [1.165, 1.54) is 22.3 Å². The van der Waals surface area contributed by atoms with E-state index in [4.69, 9.17) is 10.2 Å². The van der Waals surface area contributed by atoms with E-state index in [9.17, 15) is 0 Å². The van der Waals surface area contributed by atoms with Gasteiger partial charge < -0.3 is 10.2 Å². The van der Waals surface area contributed by atoms with Gasteiger partial charge in [0, 0.05) is 18.5 Å². The second kappa shape index (κ2) is 4.90. The summed E-state index contributed by atoms with van der Waals surface area (Å²) in [5.41, 5.74) is 11.4. The molecule has 4 nitrogen and oxygen atoms in total. The van der Waals surface area contributed by atoms with Crippen LogP contribution in [0.2, 0.25) is 0 Å². The fourth-order valence-corrected chi connectivity index (χ4v) is 2.12. The van der Waals surface area contributed by atoms with Crippen molar-refractivity contribution in [2.75, 3.05) is 6.54 Å². The van der Waals surface area contributed by atoms with Gasteiger partial charge in [-0.2, -0.15) is 0 Å². The number of rotatable bonds is 3. The Morgan fingerprint density at radius 3 is 2.22 bits per heavy atom. The second-order valence-electron chi connectivity index (χ2n) is 4.67. The minimum Gasteiger partial charge on any atom is -0.421 e. The van der Waals surface area contributed by atoms with E-state index in [0.717, 1.165) is 5.56 Å².